The van der Waals surface area contributed by atoms with Crippen molar-refractivity contribution in [2.75, 3.05) is 32.6 Å². The number of ether oxygens (including phenoxy) is 2. The summed E-state index contributed by atoms with van der Waals surface area (Å²) in [5, 5.41) is 2.95. The van der Waals surface area contributed by atoms with Crippen molar-refractivity contribution in [3.63, 3.8) is 0 Å². The highest BCUT2D eigenvalue weighted by atomic mass is 16.5. The summed E-state index contributed by atoms with van der Waals surface area (Å²) in [6.07, 6.45) is 1.29. The zero-order chi connectivity index (χ0) is 20.1. The molecule has 6 heteroatoms. The molecule has 6 nitrogen and oxygen atoms in total. The van der Waals surface area contributed by atoms with Gasteiger partial charge in [0.05, 0.1) is 14.2 Å². The molecule has 1 saturated heterocycles. The number of rotatable bonds is 5. The van der Waals surface area contributed by atoms with Gasteiger partial charge in [0.15, 0.2) is 0 Å². The van der Waals surface area contributed by atoms with Crippen molar-refractivity contribution in [2.45, 2.75) is 19.8 Å². The minimum Gasteiger partial charge on any atom is -0.496 e. The number of hydrogen-bond acceptors (Lipinski definition) is 4. The van der Waals surface area contributed by atoms with Crippen LogP contribution in [0.1, 0.15) is 28.8 Å². The highest BCUT2D eigenvalue weighted by molar-refractivity contribution is 5.96. The fraction of sp³-hybridized carbons (Fsp3) is 0.364. The lowest BCUT2D eigenvalue weighted by Gasteiger charge is -2.31. The van der Waals surface area contributed by atoms with Crippen molar-refractivity contribution in [2.24, 2.45) is 5.92 Å². The van der Waals surface area contributed by atoms with Crippen molar-refractivity contribution in [3.05, 3.63) is 53.6 Å². The maximum atomic E-state index is 12.9. The first-order chi connectivity index (χ1) is 13.5. The molecule has 0 bridgehead atoms. The molecule has 1 aliphatic rings. The number of para-hydroxylation sites is 1. The summed E-state index contributed by atoms with van der Waals surface area (Å²) in [6, 6.07) is 12.9. The van der Waals surface area contributed by atoms with Crippen LogP contribution in [0.4, 0.5) is 5.69 Å². The molecule has 0 aromatic heterocycles. The van der Waals surface area contributed by atoms with Crippen LogP contribution in [-0.2, 0) is 4.79 Å². The van der Waals surface area contributed by atoms with Crippen LogP contribution in [-0.4, -0.2) is 44.0 Å². The number of carbonyl (C=O) groups excluding carboxylic acids is 2. The van der Waals surface area contributed by atoms with Gasteiger partial charge in [0, 0.05) is 35.8 Å². The fourth-order valence-electron chi connectivity index (χ4n) is 3.50. The Kier molecular flexibility index (Phi) is 6.19. The molecule has 0 unspecified atom stereocenters. The van der Waals surface area contributed by atoms with Gasteiger partial charge < -0.3 is 19.7 Å². The topological polar surface area (TPSA) is 67.9 Å². The maximum absolute atomic E-state index is 12.9. The zero-order valence-corrected chi connectivity index (χ0v) is 16.5. The summed E-state index contributed by atoms with van der Waals surface area (Å²) in [5.74, 6) is 1.10. The maximum Gasteiger partial charge on any atom is 0.254 e. The molecule has 1 heterocycles. The van der Waals surface area contributed by atoms with E-state index in [1.807, 2.05) is 37.3 Å². The molecule has 0 saturated carbocycles. The van der Waals surface area contributed by atoms with Gasteiger partial charge in [-0.3, -0.25) is 9.59 Å². The van der Waals surface area contributed by atoms with E-state index in [0.29, 0.717) is 43.0 Å². The van der Waals surface area contributed by atoms with E-state index in [9.17, 15) is 9.59 Å². The van der Waals surface area contributed by atoms with E-state index in [4.69, 9.17) is 9.47 Å². The Morgan fingerprint density at radius 3 is 2.11 bits per heavy atom. The summed E-state index contributed by atoms with van der Waals surface area (Å²) in [5.41, 5.74) is 2.19. The normalized spacial score (nSPS) is 14.5. The van der Waals surface area contributed by atoms with E-state index in [1.54, 1.807) is 31.3 Å². The average Bonchev–Trinajstić information content (AvgIpc) is 2.74. The second-order valence-electron chi connectivity index (χ2n) is 6.93. The van der Waals surface area contributed by atoms with Crippen LogP contribution < -0.4 is 14.8 Å². The first kappa shape index (κ1) is 19.7. The number of nitrogens with zero attached hydrogens (tertiary/aromatic N) is 1. The molecule has 0 atom stereocenters. The predicted octanol–water partition coefficient (Wildman–Crippen LogP) is 3.50. The van der Waals surface area contributed by atoms with Gasteiger partial charge in [0.1, 0.15) is 11.5 Å². The summed E-state index contributed by atoms with van der Waals surface area (Å²) in [4.78, 5) is 27.2. The Labute approximate surface area is 165 Å². The number of anilines is 1. The van der Waals surface area contributed by atoms with Gasteiger partial charge in [0.2, 0.25) is 5.91 Å². The van der Waals surface area contributed by atoms with Crippen molar-refractivity contribution in [3.8, 4) is 11.5 Å². The number of likely N-dealkylation sites (tertiary alicyclic amines) is 1. The van der Waals surface area contributed by atoms with Crippen molar-refractivity contribution in [1.29, 1.82) is 0 Å². The minimum absolute atomic E-state index is 0.0111. The average molecular weight is 382 g/mol. The number of benzene rings is 2. The minimum atomic E-state index is -0.0913. The molecule has 2 aromatic rings. The third-order valence-electron chi connectivity index (χ3n) is 5.19. The summed E-state index contributed by atoms with van der Waals surface area (Å²) >= 11 is 0. The Morgan fingerprint density at radius 2 is 1.57 bits per heavy atom. The SMILES string of the molecule is COc1cc(C(=O)N2CCC(C(=O)Nc3ccccc3)CC2)cc(OC)c1C. The standard InChI is InChI=1S/C22H26N2O4/c1-15-19(27-2)13-17(14-20(15)28-3)22(26)24-11-9-16(10-12-24)21(25)23-18-7-5-4-6-8-18/h4-8,13-14,16H,9-12H2,1-3H3,(H,23,25). The molecule has 148 valence electrons. The van der Waals surface area contributed by atoms with Crippen LogP contribution in [0.15, 0.2) is 42.5 Å². The van der Waals surface area contributed by atoms with E-state index in [1.165, 1.54) is 0 Å². The molecule has 2 amide bonds. The Balaban J connectivity index is 1.63. The van der Waals surface area contributed by atoms with Gasteiger partial charge in [-0.15, -0.1) is 0 Å². The lowest BCUT2D eigenvalue weighted by molar-refractivity contribution is -0.121. The lowest BCUT2D eigenvalue weighted by atomic mass is 9.95. The second-order valence-corrected chi connectivity index (χ2v) is 6.93. The third-order valence-corrected chi connectivity index (χ3v) is 5.19. The molecule has 1 fully saturated rings. The number of amides is 2. The molecular weight excluding hydrogens is 356 g/mol. The van der Waals surface area contributed by atoms with Gasteiger partial charge in [-0.2, -0.15) is 0 Å². The van der Waals surface area contributed by atoms with E-state index in [2.05, 4.69) is 5.32 Å². The summed E-state index contributed by atoms with van der Waals surface area (Å²) < 4.78 is 10.7. The first-order valence-corrected chi connectivity index (χ1v) is 9.41. The van der Waals surface area contributed by atoms with Gasteiger partial charge in [-0.05, 0) is 44.0 Å². The smallest absolute Gasteiger partial charge is 0.254 e. The van der Waals surface area contributed by atoms with E-state index >= 15 is 0 Å². The van der Waals surface area contributed by atoms with Crippen LogP contribution in [0.2, 0.25) is 0 Å². The molecule has 1 aliphatic heterocycles. The van der Waals surface area contributed by atoms with Gasteiger partial charge in [0.25, 0.3) is 5.91 Å². The number of carbonyl (C=O) groups is 2. The molecule has 0 spiro atoms. The van der Waals surface area contributed by atoms with Crippen LogP contribution >= 0.6 is 0 Å². The van der Waals surface area contributed by atoms with E-state index in [-0.39, 0.29) is 17.7 Å². The van der Waals surface area contributed by atoms with E-state index in [0.717, 1.165) is 11.3 Å². The second kappa shape index (κ2) is 8.78. The van der Waals surface area contributed by atoms with Crippen LogP contribution in [0.25, 0.3) is 0 Å². The van der Waals surface area contributed by atoms with Crippen LogP contribution in [0, 0.1) is 12.8 Å². The monoisotopic (exact) mass is 382 g/mol. The third kappa shape index (κ3) is 4.27. The Bertz CT molecular complexity index is 818. The van der Waals surface area contributed by atoms with Crippen molar-refractivity contribution >= 4 is 17.5 Å². The zero-order valence-electron chi connectivity index (χ0n) is 16.5. The van der Waals surface area contributed by atoms with Crippen molar-refractivity contribution < 1.29 is 19.1 Å². The van der Waals surface area contributed by atoms with Gasteiger partial charge in [-0.25, -0.2) is 0 Å². The van der Waals surface area contributed by atoms with Gasteiger partial charge >= 0.3 is 0 Å². The number of methoxy groups -OCH3 is 2. The summed E-state index contributed by atoms with van der Waals surface area (Å²) in [7, 11) is 3.15. The molecule has 2 aromatic carbocycles. The van der Waals surface area contributed by atoms with E-state index < -0.39 is 0 Å². The van der Waals surface area contributed by atoms with Crippen LogP contribution in [0.5, 0.6) is 11.5 Å². The molecule has 3 rings (SSSR count). The highest BCUT2D eigenvalue weighted by Gasteiger charge is 2.28. The fourth-order valence-corrected chi connectivity index (χ4v) is 3.50. The van der Waals surface area contributed by atoms with Crippen molar-refractivity contribution in [1.82, 2.24) is 4.90 Å². The quantitative estimate of drug-likeness (QED) is 0.859. The number of hydrogen-bond donors (Lipinski definition) is 1. The molecule has 0 radical (unpaired) electrons. The molecular formula is C22H26N2O4. The lowest BCUT2D eigenvalue weighted by Crippen LogP contribution is -2.41. The largest absolute Gasteiger partial charge is 0.496 e. The number of nitrogens with one attached hydrogen (secondary N) is 1. The molecule has 0 aliphatic carbocycles. The Hall–Kier alpha value is -3.02. The van der Waals surface area contributed by atoms with Gasteiger partial charge in [-0.1, -0.05) is 18.2 Å². The predicted molar refractivity (Wildman–Crippen MR) is 108 cm³/mol. The highest BCUT2D eigenvalue weighted by Crippen LogP contribution is 2.30. The molecule has 1 N–H and O–H groups in total. The summed E-state index contributed by atoms with van der Waals surface area (Å²) in [6.45, 7) is 2.98. The first-order valence-electron chi connectivity index (χ1n) is 9.41. The Morgan fingerprint density at radius 1 is 1.00 bits per heavy atom. The molecule has 28 heavy (non-hydrogen) atoms. The van der Waals surface area contributed by atoms with Crippen LogP contribution in [0.3, 0.4) is 0 Å². The number of piperidine rings is 1.